The molecule has 22 heavy (non-hydrogen) atoms. The number of amides is 1. The van der Waals surface area contributed by atoms with Gasteiger partial charge in [0.05, 0.1) is 18.4 Å². The number of benzene rings is 1. The Morgan fingerprint density at radius 1 is 1.41 bits per heavy atom. The van der Waals surface area contributed by atoms with Gasteiger partial charge in [-0.25, -0.2) is 0 Å². The Morgan fingerprint density at radius 2 is 2.09 bits per heavy atom. The van der Waals surface area contributed by atoms with Gasteiger partial charge in [-0.2, -0.15) is 5.10 Å². The fraction of sp³-hybridized carbons (Fsp3) is 0.375. The number of ether oxygens (including phenoxy) is 1. The second-order valence-corrected chi connectivity index (χ2v) is 5.72. The van der Waals surface area contributed by atoms with Gasteiger partial charge in [0, 0.05) is 36.9 Å². The molecule has 1 aromatic carbocycles. The van der Waals surface area contributed by atoms with Crippen LogP contribution in [0.15, 0.2) is 18.2 Å². The van der Waals surface area contributed by atoms with Crippen LogP contribution in [0.5, 0.6) is 5.75 Å². The highest BCUT2D eigenvalue weighted by Crippen LogP contribution is 2.24. The van der Waals surface area contributed by atoms with Crippen molar-refractivity contribution in [1.82, 2.24) is 14.7 Å². The third-order valence-electron chi connectivity index (χ3n) is 3.72. The van der Waals surface area contributed by atoms with Crippen molar-refractivity contribution in [2.75, 3.05) is 14.2 Å². The number of hydrogen-bond donors (Lipinski definition) is 0. The molecule has 0 aliphatic carbocycles. The highest BCUT2D eigenvalue weighted by Gasteiger charge is 2.21. The summed E-state index contributed by atoms with van der Waals surface area (Å²) in [7, 11) is 5.19. The topological polar surface area (TPSA) is 47.4 Å². The van der Waals surface area contributed by atoms with Crippen molar-refractivity contribution in [3.63, 3.8) is 0 Å². The lowest BCUT2D eigenvalue weighted by Gasteiger charge is -2.19. The molecule has 0 fully saturated rings. The number of aryl methyl sites for hydroxylation is 2. The average molecular weight is 322 g/mol. The minimum absolute atomic E-state index is 0.0647. The third-order valence-corrected chi connectivity index (χ3v) is 3.95. The SMILES string of the molecule is COc1ccc(Cl)cc1CN(C)C(=O)c1c(C)nn(C)c1C. The summed E-state index contributed by atoms with van der Waals surface area (Å²) < 4.78 is 7.04. The molecule has 0 saturated heterocycles. The van der Waals surface area contributed by atoms with Gasteiger partial charge in [-0.05, 0) is 32.0 Å². The van der Waals surface area contributed by atoms with Gasteiger partial charge in [0.2, 0.25) is 0 Å². The number of methoxy groups -OCH3 is 1. The maximum Gasteiger partial charge on any atom is 0.257 e. The molecule has 0 N–H and O–H groups in total. The van der Waals surface area contributed by atoms with E-state index < -0.39 is 0 Å². The van der Waals surface area contributed by atoms with E-state index in [0.29, 0.717) is 22.9 Å². The molecule has 0 spiro atoms. The number of aromatic nitrogens is 2. The second kappa shape index (κ2) is 6.40. The van der Waals surface area contributed by atoms with Crippen molar-refractivity contribution >= 4 is 17.5 Å². The number of halogens is 1. The molecule has 0 aliphatic heterocycles. The average Bonchev–Trinajstić information content (AvgIpc) is 2.71. The molecule has 2 rings (SSSR count). The molecular weight excluding hydrogens is 302 g/mol. The Hall–Kier alpha value is -2.01. The summed E-state index contributed by atoms with van der Waals surface area (Å²) in [6, 6.07) is 5.38. The molecule has 0 atom stereocenters. The summed E-state index contributed by atoms with van der Waals surface area (Å²) in [5.41, 5.74) is 3.10. The Morgan fingerprint density at radius 3 is 2.64 bits per heavy atom. The Bertz CT molecular complexity index is 710. The zero-order chi connectivity index (χ0) is 16.4. The standard InChI is InChI=1S/C16H20ClN3O2/c1-10-15(11(2)20(4)18-10)16(21)19(3)9-12-8-13(17)6-7-14(12)22-5/h6-8H,9H2,1-5H3. The summed E-state index contributed by atoms with van der Waals surface area (Å²) in [5.74, 6) is 0.647. The molecule has 1 amide bonds. The maximum absolute atomic E-state index is 12.7. The van der Waals surface area contributed by atoms with Crippen LogP contribution in [0, 0.1) is 13.8 Å². The summed E-state index contributed by atoms with van der Waals surface area (Å²) in [6.07, 6.45) is 0. The molecule has 1 aromatic heterocycles. The molecule has 0 saturated carbocycles. The van der Waals surface area contributed by atoms with Gasteiger partial charge in [0.15, 0.2) is 0 Å². The maximum atomic E-state index is 12.7. The highest BCUT2D eigenvalue weighted by molar-refractivity contribution is 6.30. The van der Waals surface area contributed by atoms with Crippen molar-refractivity contribution in [1.29, 1.82) is 0 Å². The van der Waals surface area contributed by atoms with Crippen LogP contribution in [-0.2, 0) is 13.6 Å². The zero-order valence-electron chi connectivity index (χ0n) is 13.5. The molecule has 2 aromatic rings. The fourth-order valence-electron chi connectivity index (χ4n) is 2.47. The molecule has 1 heterocycles. The molecule has 0 unspecified atom stereocenters. The van der Waals surface area contributed by atoms with Gasteiger partial charge in [0.1, 0.15) is 5.75 Å². The lowest BCUT2D eigenvalue weighted by Crippen LogP contribution is -2.27. The lowest BCUT2D eigenvalue weighted by molar-refractivity contribution is 0.0782. The van der Waals surface area contributed by atoms with E-state index in [1.165, 1.54) is 0 Å². The van der Waals surface area contributed by atoms with Crippen molar-refractivity contribution < 1.29 is 9.53 Å². The Kier molecular flexibility index (Phi) is 4.76. The van der Waals surface area contributed by atoms with E-state index in [-0.39, 0.29) is 5.91 Å². The van der Waals surface area contributed by atoms with E-state index in [9.17, 15) is 4.79 Å². The normalized spacial score (nSPS) is 10.6. The van der Waals surface area contributed by atoms with Gasteiger partial charge in [-0.1, -0.05) is 11.6 Å². The van der Waals surface area contributed by atoms with Crippen LogP contribution in [0.4, 0.5) is 0 Å². The van der Waals surface area contributed by atoms with Crippen LogP contribution in [-0.4, -0.2) is 34.7 Å². The monoisotopic (exact) mass is 321 g/mol. The van der Waals surface area contributed by atoms with E-state index >= 15 is 0 Å². The van der Waals surface area contributed by atoms with E-state index in [1.54, 1.807) is 35.9 Å². The summed E-state index contributed by atoms with van der Waals surface area (Å²) in [6.45, 7) is 4.14. The first kappa shape index (κ1) is 16.4. The first-order valence-corrected chi connectivity index (χ1v) is 7.31. The largest absolute Gasteiger partial charge is 0.496 e. The van der Waals surface area contributed by atoms with Crippen molar-refractivity contribution in [2.24, 2.45) is 7.05 Å². The van der Waals surface area contributed by atoms with E-state index in [4.69, 9.17) is 16.3 Å². The molecule has 0 aliphatic rings. The minimum atomic E-state index is -0.0647. The van der Waals surface area contributed by atoms with Crippen LogP contribution in [0.3, 0.4) is 0 Å². The van der Waals surface area contributed by atoms with E-state index in [1.807, 2.05) is 27.0 Å². The van der Waals surface area contributed by atoms with Gasteiger partial charge in [0.25, 0.3) is 5.91 Å². The van der Waals surface area contributed by atoms with Gasteiger partial charge < -0.3 is 9.64 Å². The molecule has 0 radical (unpaired) electrons. The van der Waals surface area contributed by atoms with Crippen LogP contribution >= 0.6 is 11.6 Å². The molecule has 5 nitrogen and oxygen atoms in total. The van der Waals surface area contributed by atoms with Crippen LogP contribution in [0.1, 0.15) is 27.3 Å². The van der Waals surface area contributed by atoms with Gasteiger partial charge in [-0.15, -0.1) is 0 Å². The minimum Gasteiger partial charge on any atom is -0.496 e. The zero-order valence-corrected chi connectivity index (χ0v) is 14.2. The van der Waals surface area contributed by atoms with Crippen LogP contribution in [0.2, 0.25) is 5.02 Å². The Labute approximate surface area is 135 Å². The smallest absolute Gasteiger partial charge is 0.257 e. The highest BCUT2D eigenvalue weighted by atomic mass is 35.5. The predicted molar refractivity (Wildman–Crippen MR) is 86.5 cm³/mol. The quantitative estimate of drug-likeness (QED) is 0.869. The molecule has 6 heteroatoms. The molecule has 118 valence electrons. The van der Waals surface area contributed by atoms with Crippen LogP contribution in [0.25, 0.3) is 0 Å². The van der Waals surface area contributed by atoms with Gasteiger partial charge in [-0.3, -0.25) is 9.48 Å². The first-order valence-electron chi connectivity index (χ1n) is 6.93. The molecule has 0 bridgehead atoms. The number of carbonyl (C=O) groups is 1. The lowest BCUT2D eigenvalue weighted by atomic mass is 10.1. The first-order chi connectivity index (χ1) is 10.3. The number of carbonyl (C=O) groups excluding carboxylic acids is 1. The number of nitrogens with zero attached hydrogens (tertiary/aromatic N) is 3. The summed E-state index contributed by atoms with van der Waals surface area (Å²) >= 11 is 6.04. The predicted octanol–water partition coefficient (Wildman–Crippen LogP) is 2.97. The number of rotatable bonds is 4. The fourth-order valence-corrected chi connectivity index (χ4v) is 2.67. The number of hydrogen-bond acceptors (Lipinski definition) is 3. The van der Waals surface area contributed by atoms with Crippen molar-refractivity contribution in [2.45, 2.75) is 20.4 Å². The van der Waals surface area contributed by atoms with E-state index in [2.05, 4.69) is 5.10 Å². The molecular formula is C16H20ClN3O2. The van der Waals surface area contributed by atoms with Crippen molar-refractivity contribution in [3.8, 4) is 5.75 Å². The van der Waals surface area contributed by atoms with E-state index in [0.717, 1.165) is 17.0 Å². The van der Waals surface area contributed by atoms with Crippen molar-refractivity contribution in [3.05, 3.63) is 45.7 Å². The second-order valence-electron chi connectivity index (χ2n) is 5.29. The summed E-state index contributed by atoms with van der Waals surface area (Å²) in [5, 5.41) is 4.91. The summed E-state index contributed by atoms with van der Waals surface area (Å²) in [4.78, 5) is 14.3. The van der Waals surface area contributed by atoms with Crippen LogP contribution < -0.4 is 4.74 Å². The Balaban J connectivity index is 2.27. The van der Waals surface area contributed by atoms with Gasteiger partial charge >= 0.3 is 0 Å². The third kappa shape index (κ3) is 3.09.